The fourth-order valence-electron chi connectivity index (χ4n) is 5.34. The quantitative estimate of drug-likeness (QED) is 0.0710. The molecule has 0 aliphatic carbocycles. The Morgan fingerprint density at radius 3 is 1.22 bits per heavy atom. The number of aliphatic hydroxyl groups is 13. The minimum absolute atomic E-state index is 0.645. The maximum Gasteiger partial charge on any atom is 0.186 e. The van der Waals surface area contributed by atoms with Crippen LogP contribution < -0.4 is 0 Å². The van der Waals surface area contributed by atoms with E-state index in [2.05, 4.69) is 4.89 Å². The van der Waals surface area contributed by atoms with Crippen LogP contribution >= 0.6 is 0 Å². The molecule has 4 heterocycles. The van der Waals surface area contributed by atoms with Gasteiger partial charge >= 0.3 is 0 Å². The van der Waals surface area contributed by atoms with E-state index < -0.39 is 149 Å². The molecule has 4 fully saturated rings. The molecule has 22 heteroatoms. The van der Waals surface area contributed by atoms with E-state index in [4.69, 9.17) is 33.2 Å². The molecule has 0 spiro atoms. The molecule has 4 saturated heterocycles. The summed E-state index contributed by atoms with van der Waals surface area (Å²) in [5, 5.41) is 140. The monoisotopic (exact) mass is 682 g/mol. The predicted molar refractivity (Wildman–Crippen MR) is 135 cm³/mol. The van der Waals surface area contributed by atoms with Crippen LogP contribution in [0.2, 0.25) is 0 Å². The standard InChI is InChI=1S/C24H42O22/c25-1-5-9(26)14(31)17(34)22(43-5)39-3-7-11(28)15(32)18(35)23(44-7)40-4-8-12(29)20(46-38)19(36)24(45-8)41-2-6-10(27)13(30)16(33)21(37)42-6/h5-38H,1-4H2/t5-,6-,7-,8-,9-,10-,11-,12-,13+,14+,15+,16-,17-,18-,19-,20+,21-,22+,23+,24+/m1/s1. The van der Waals surface area contributed by atoms with Gasteiger partial charge in [0.25, 0.3) is 0 Å². The lowest BCUT2D eigenvalue weighted by Crippen LogP contribution is -2.63. The largest absolute Gasteiger partial charge is 0.394 e. The third-order valence-corrected chi connectivity index (χ3v) is 8.24. The normalized spacial score (nSPS) is 52.0. The topological polar surface area (TPSA) is 357 Å². The zero-order chi connectivity index (χ0) is 34.0. The van der Waals surface area contributed by atoms with E-state index in [0.29, 0.717) is 0 Å². The highest BCUT2D eigenvalue weighted by molar-refractivity contribution is 4.94. The molecule has 0 bridgehead atoms. The summed E-state index contributed by atoms with van der Waals surface area (Å²) >= 11 is 0. The van der Waals surface area contributed by atoms with E-state index in [9.17, 15) is 71.6 Å². The zero-order valence-electron chi connectivity index (χ0n) is 23.9. The first kappa shape index (κ1) is 37.9. The van der Waals surface area contributed by atoms with Gasteiger partial charge in [-0.05, 0) is 0 Å². The second-order valence-electron chi connectivity index (χ2n) is 11.3. The first-order chi connectivity index (χ1) is 21.7. The van der Waals surface area contributed by atoms with Crippen LogP contribution in [0, 0.1) is 0 Å². The van der Waals surface area contributed by atoms with E-state index in [-0.39, 0.29) is 0 Å². The summed E-state index contributed by atoms with van der Waals surface area (Å²) < 4.78 is 37.3. The van der Waals surface area contributed by atoms with Crippen LogP contribution in [0.5, 0.6) is 0 Å². The van der Waals surface area contributed by atoms with Gasteiger partial charge in [0.15, 0.2) is 31.3 Å². The van der Waals surface area contributed by atoms with Gasteiger partial charge in [0, 0.05) is 0 Å². The van der Waals surface area contributed by atoms with Crippen molar-refractivity contribution in [3.8, 4) is 0 Å². The summed E-state index contributed by atoms with van der Waals surface area (Å²) in [4.78, 5) is 4.17. The van der Waals surface area contributed by atoms with Gasteiger partial charge in [-0.3, -0.25) is 5.26 Å². The molecule has 0 aromatic heterocycles. The van der Waals surface area contributed by atoms with Crippen LogP contribution in [-0.2, 0) is 38.0 Å². The smallest absolute Gasteiger partial charge is 0.186 e. The number of aliphatic hydroxyl groups excluding tert-OH is 13. The van der Waals surface area contributed by atoms with Crippen molar-refractivity contribution in [2.24, 2.45) is 0 Å². The van der Waals surface area contributed by atoms with Gasteiger partial charge in [-0.25, -0.2) is 4.89 Å². The summed E-state index contributed by atoms with van der Waals surface area (Å²) in [6, 6.07) is 0. The van der Waals surface area contributed by atoms with Gasteiger partial charge in [0.2, 0.25) is 0 Å². The Kier molecular flexibility index (Phi) is 13.4. The van der Waals surface area contributed by atoms with Gasteiger partial charge in [-0.1, -0.05) is 0 Å². The highest BCUT2D eigenvalue weighted by Gasteiger charge is 2.51. The number of hydrogen-bond acceptors (Lipinski definition) is 22. The van der Waals surface area contributed by atoms with Crippen LogP contribution in [0.15, 0.2) is 0 Å². The Bertz CT molecular complexity index is 932. The molecular weight excluding hydrogens is 640 g/mol. The van der Waals surface area contributed by atoms with Crippen LogP contribution in [0.1, 0.15) is 0 Å². The molecule has 270 valence electrons. The third-order valence-electron chi connectivity index (χ3n) is 8.24. The Balaban J connectivity index is 1.35. The summed E-state index contributed by atoms with van der Waals surface area (Å²) in [6.07, 6.45) is -34.3. The lowest BCUT2D eigenvalue weighted by atomic mass is 9.98. The van der Waals surface area contributed by atoms with Gasteiger partial charge in [-0.15, -0.1) is 0 Å². The summed E-state index contributed by atoms with van der Waals surface area (Å²) in [5.41, 5.74) is 0. The van der Waals surface area contributed by atoms with Gasteiger partial charge in [0.05, 0.1) is 26.4 Å². The Labute approximate surface area is 259 Å². The van der Waals surface area contributed by atoms with Crippen molar-refractivity contribution in [2.75, 3.05) is 26.4 Å². The molecule has 0 amide bonds. The van der Waals surface area contributed by atoms with Crippen molar-refractivity contribution < 1.29 is 110 Å². The lowest BCUT2D eigenvalue weighted by Gasteiger charge is -2.44. The third kappa shape index (κ3) is 7.95. The Morgan fingerprint density at radius 1 is 0.391 bits per heavy atom. The second kappa shape index (κ2) is 16.2. The van der Waals surface area contributed by atoms with Gasteiger partial charge in [-0.2, -0.15) is 0 Å². The Morgan fingerprint density at radius 2 is 0.761 bits per heavy atom. The van der Waals surface area contributed by atoms with E-state index >= 15 is 0 Å². The molecule has 0 aromatic carbocycles. The van der Waals surface area contributed by atoms with Crippen molar-refractivity contribution in [1.29, 1.82) is 0 Å². The number of ether oxygens (including phenoxy) is 7. The molecule has 22 nitrogen and oxygen atoms in total. The van der Waals surface area contributed by atoms with Crippen LogP contribution in [0.3, 0.4) is 0 Å². The number of hydrogen-bond donors (Lipinski definition) is 14. The van der Waals surface area contributed by atoms with Crippen molar-refractivity contribution >= 4 is 0 Å². The average molecular weight is 683 g/mol. The summed E-state index contributed by atoms with van der Waals surface area (Å²) in [6.45, 7) is -2.74. The molecule has 14 N–H and O–H groups in total. The predicted octanol–water partition coefficient (Wildman–Crippen LogP) is -9.25. The maximum absolute atomic E-state index is 10.6. The molecule has 0 aromatic rings. The molecule has 4 aliphatic rings. The molecule has 4 rings (SSSR count). The molecule has 0 unspecified atom stereocenters. The van der Waals surface area contributed by atoms with E-state index in [1.807, 2.05) is 0 Å². The SMILES string of the molecule is OC[C@H]1O[C@H](OC[C@H]2O[C@H](OC[C@H]3O[C@H](OC[C@H]4O[C@@H](O)[C@H](O)[C@@H](O)[C@@H]4O)[C@H](O)[C@@H](OO)[C@@H]3O)[C@H](O)[C@@H](O)[C@@H]2O)[C@H](O)[C@@H](O)[C@@H]1O. The average Bonchev–Trinajstić information content (AvgIpc) is 3.04. The fraction of sp³-hybridized carbons (Fsp3) is 1.00. The van der Waals surface area contributed by atoms with Crippen molar-refractivity contribution in [3.63, 3.8) is 0 Å². The van der Waals surface area contributed by atoms with E-state index in [0.717, 1.165) is 0 Å². The molecule has 20 atom stereocenters. The molecule has 4 aliphatic heterocycles. The second-order valence-corrected chi connectivity index (χ2v) is 11.3. The van der Waals surface area contributed by atoms with Gasteiger partial charge in [0.1, 0.15) is 91.6 Å². The van der Waals surface area contributed by atoms with Crippen molar-refractivity contribution in [1.82, 2.24) is 0 Å². The summed E-state index contributed by atoms with van der Waals surface area (Å²) in [7, 11) is 0. The van der Waals surface area contributed by atoms with E-state index in [1.165, 1.54) is 0 Å². The van der Waals surface area contributed by atoms with Crippen LogP contribution in [0.4, 0.5) is 0 Å². The van der Waals surface area contributed by atoms with Crippen LogP contribution in [-0.4, -0.2) is 221 Å². The minimum atomic E-state index is -1.89. The van der Waals surface area contributed by atoms with Crippen molar-refractivity contribution in [3.05, 3.63) is 0 Å². The highest BCUT2D eigenvalue weighted by atomic mass is 17.1. The first-order valence-corrected chi connectivity index (χ1v) is 14.3. The van der Waals surface area contributed by atoms with E-state index in [1.54, 1.807) is 0 Å². The minimum Gasteiger partial charge on any atom is -0.394 e. The maximum atomic E-state index is 10.6. The van der Waals surface area contributed by atoms with Crippen molar-refractivity contribution in [2.45, 2.75) is 123 Å². The molecule has 46 heavy (non-hydrogen) atoms. The first-order valence-electron chi connectivity index (χ1n) is 14.3. The molecular formula is C24H42O22. The van der Waals surface area contributed by atoms with Gasteiger partial charge < -0.3 is 99.5 Å². The summed E-state index contributed by atoms with van der Waals surface area (Å²) in [5.74, 6) is 0. The lowest BCUT2D eigenvalue weighted by molar-refractivity contribution is -0.386. The highest BCUT2D eigenvalue weighted by Crippen LogP contribution is 2.29. The Hall–Kier alpha value is -0.880. The molecule has 0 saturated carbocycles. The molecule has 0 radical (unpaired) electrons. The van der Waals surface area contributed by atoms with Crippen LogP contribution in [0.25, 0.3) is 0 Å². The zero-order valence-corrected chi connectivity index (χ0v) is 23.9. The number of rotatable bonds is 11. The fourth-order valence-corrected chi connectivity index (χ4v) is 5.34.